The summed E-state index contributed by atoms with van der Waals surface area (Å²) in [5, 5.41) is 0. The minimum Gasteiger partial charge on any atom is -0.384 e. The van der Waals surface area contributed by atoms with Crippen molar-refractivity contribution in [3.05, 3.63) is 30.9 Å². The number of anilines is 1. The van der Waals surface area contributed by atoms with Crippen molar-refractivity contribution in [1.29, 1.82) is 0 Å². The molecule has 0 saturated carbocycles. The number of hydrogen-bond acceptors (Lipinski definition) is 4. The quantitative estimate of drug-likeness (QED) is 0.927. The van der Waals surface area contributed by atoms with Gasteiger partial charge in [-0.3, -0.25) is 0 Å². The van der Waals surface area contributed by atoms with Crippen LogP contribution in [0.25, 0.3) is 11.3 Å². The van der Waals surface area contributed by atoms with Gasteiger partial charge in [0.05, 0.1) is 24.3 Å². The lowest BCUT2D eigenvalue weighted by Gasteiger charge is -2.18. The van der Waals surface area contributed by atoms with E-state index in [9.17, 15) is 0 Å². The van der Waals surface area contributed by atoms with Crippen LogP contribution >= 0.6 is 0 Å². The maximum absolute atomic E-state index is 5.76. The standard InChI is InChI=1S/C15H20N4O/c1-2-14-12(4-6-20-14)9-19-10-17-8-13(19)11-3-5-18-15(16)7-11/h3,5,7-8,10,12,14H,2,4,6,9H2,1H3,(H2,16,18). The second kappa shape index (κ2) is 5.63. The average Bonchev–Trinajstić information content (AvgIpc) is 3.08. The van der Waals surface area contributed by atoms with Gasteiger partial charge >= 0.3 is 0 Å². The number of aromatic nitrogens is 3. The van der Waals surface area contributed by atoms with Crippen molar-refractivity contribution in [2.45, 2.75) is 32.4 Å². The molecule has 1 aliphatic heterocycles. The molecule has 3 heterocycles. The summed E-state index contributed by atoms with van der Waals surface area (Å²) in [6.07, 6.45) is 8.05. The molecule has 0 aliphatic carbocycles. The average molecular weight is 272 g/mol. The van der Waals surface area contributed by atoms with Gasteiger partial charge in [-0.05, 0) is 25.0 Å². The van der Waals surface area contributed by atoms with Gasteiger partial charge in [-0.25, -0.2) is 9.97 Å². The number of imidazole rings is 1. The van der Waals surface area contributed by atoms with Crippen LogP contribution < -0.4 is 5.73 Å². The fourth-order valence-corrected chi connectivity index (χ4v) is 2.92. The van der Waals surface area contributed by atoms with Crippen LogP contribution in [0.2, 0.25) is 0 Å². The summed E-state index contributed by atoms with van der Waals surface area (Å²) in [5.41, 5.74) is 7.90. The van der Waals surface area contributed by atoms with Gasteiger partial charge in [0.2, 0.25) is 0 Å². The van der Waals surface area contributed by atoms with E-state index in [-0.39, 0.29) is 0 Å². The molecule has 3 rings (SSSR count). The summed E-state index contributed by atoms with van der Waals surface area (Å²) in [7, 11) is 0. The number of nitrogens with zero attached hydrogens (tertiary/aromatic N) is 3. The third-order valence-electron chi connectivity index (χ3n) is 3.97. The Morgan fingerprint density at radius 3 is 3.20 bits per heavy atom. The molecular formula is C15H20N4O. The first kappa shape index (κ1) is 13.1. The number of nitrogen functional groups attached to an aromatic ring is 1. The van der Waals surface area contributed by atoms with E-state index in [1.165, 1.54) is 0 Å². The van der Waals surface area contributed by atoms with Crippen LogP contribution in [0.3, 0.4) is 0 Å². The number of hydrogen-bond donors (Lipinski definition) is 1. The number of rotatable bonds is 4. The lowest BCUT2D eigenvalue weighted by atomic mass is 9.99. The zero-order chi connectivity index (χ0) is 13.9. The molecule has 1 fully saturated rings. The van der Waals surface area contributed by atoms with Crippen molar-refractivity contribution in [3.63, 3.8) is 0 Å². The number of pyridine rings is 1. The molecule has 2 unspecified atom stereocenters. The van der Waals surface area contributed by atoms with Gasteiger partial charge in [-0.2, -0.15) is 0 Å². The van der Waals surface area contributed by atoms with Gasteiger partial charge in [0.1, 0.15) is 5.82 Å². The molecule has 0 aromatic carbocycles. The largest absolute Gasteiger partial charge is 0.384 e. The lowest BCUT2D eigenvalue weighted by Crippen LogP contribution is -2.20. The van der Waals surface area contributed by atoms with Gasteiger partial charge in [0, 0.05) is 30.8 Å². The highest BCUT2D eigenvalue weighted by Crippen LogP contribution is 2.27. The predicted octanol–water partition coefficient (Wildman–Crippen LogP) is 2.34. The van der Waals surface area contributed by atoms with Gasteiger partial charge in [-0.15, -0.1) is 0 Å². The van der Waals surface area contributed by atoms with E-state index in [4.69, 9.17) is 10.5 Å². The smallest absolute Gasteiger partial charge is 0.123 e. The highest BCUT2D eigenvalue weighted by Gasteiger charge is 2.27. The maximum Gasteiger partial charge on any atom is 0.123 e. The first-order valence-corrected chi connectivity index (χ1v) is 7.11. The monoisotopic (exact) mass is 272 g/mol. The van der Waals surface area contributed by atoms with Crippen LogP contribution in [-0.2, 0) is 11.3 Å². The molecule has 106 valence electrons. The van der Waals surface area contributed by atoms with E-state index >= 15 is 0 Å². The highest BCUT2D eigenvalue weighted by molar-refractivity contribution is 5.61. The van der Waals surface area contributed by atoms with Gasteiger partial charge in [0.15, 0.2) is 0 Å². The van der Waals surface area contributed by atoms with E-state index in [0.717, 1.165) is 37.3 Å². The zero-order valence-corrected chi connectivity index (χ0v) is 11.7. The van der Waals surface area contributed by atoms with Gasteiger partial charge < -0.3 is 15.0 Å². The minimum atomic E-state index is 0.368. The summed E-state index contributed by atoms with van der Waals surface area (Å²) in [6.45, 7) is 3.99. The Morgan fingerprint density at radius 1 is 1.50 bits per heavy atom. The van der Waals surface area contributed by atoms with Crippen molar-refractivity contribution in [1.82, 2.24) is 14.5 Å². The Balaban J connectivity index is 1.83. The van der Waals surface area contributed by atoms with E-state index in [0.29, 0.717) is 17.8 Å². The molecule has 0 spiro atoms. The first-order valence-electron chi connectivity index (χ1n) is 7.11. The lowest BCUT2D eigenvalue weighted by molar-refractivity contribution is 0.0836. The van der Waals surface area contributed by atoms with Crippen LogP contribution in [0.15, 0.2) is 30.9 Å². The van der Waals surface area contributed by atoms with Crippen LogP contribution in [-0.4, -0.2) is 27.2 Å². The fourth-order valence-electron chi connectivity index (χ4n) is 2.92. The van der Waals surface area contributed by atoms with Crippen LogP contribution in [0.4, 0.5) is 5.82 Å². The Bertz CT molecular complexity index is 581. The van der Waals surface area contributed by atoms with Crippen molar-refractivity contribution in [3.8, 4) is 11.3 Å². The third-order valence-corrected chi connectivity index (χ3v) is 3.97. The third kappa shape index (κ3) is 2.54. The Labute approximate surface area is 118 Å². The van der Waals surface area contributed by atoms with Crippen molar-refractivity contribution >= 4 is 5.82 Å². The summed E-state index contributed by atoms with van der Waals surface area (Å²) in [4.78, 5) is 8.32. The summed E-state index contributed by atoms with van der Waals surface area (Å²) >= 11 is 0. The fraction of sp³-hybridized carbons (Fsp3) is 0.467. The van der Waals surface area contributed by atoms with Crippen LogP contribution in [0, 0.1) is 5.92 Å². The Kier molecular flexibility index (Phi) is 3.69. The van der Waals surface area contributed by atoms with Crippen molar-refractivity contribution in [2.75, 3.05) is 12.3 Å². The molecule has 0 amide bonds. The second-order valence-corrected chi connectivity index (χ2v) is 5.27. The summed E-state index contributed by atoms with van der Waals surface area (Å²) in [6, 6.07) is 3.85. The highest BCUT2D eigenvalue weighted by atomic mass is 16.5. The van der Waals surface area contributed by atoms with E-state index < -0.39 is 0 Å². The molecule has 1 saturated heterocycles. The SMILES string of the molecule is CCC1OCCC1Cn1cncc1-c1ccnc(N)c1. The van der Waals surface area contributed by atoms with Gasteiger partial charge in [0.25, 0.3) is 0 Å². The number of nitrogens with two attached hydrogens (primary N) is 1. The zero-order valence-electron chi connectivity index (χ0n) is 11.7. The minimum absolute atomic E-state index is 0.368. The molecule has 5 heteroatoms. The van der Waals surface area contributed by atoms with Crippen molar-refractivity contribution < 1.29 is 4.74 Å². The molecule has 0 bridgehead atoms. The molecular weight excluding hydrogens is 252 g/mol. The van der Waals surface area contributed by atoms with Crippen LogP contribution in [0.1, 0.15) is 19.8 Å². The molecule has 0 radical (unpaired) electrons. The van der Waals surface area contributed by atoms with Crippen molar-refractivity contribution in [2.24, 2.45) is 5.92 Å². The molecule has 2 aromatic heterocycles. The second-order valence-electron chi connectivity index (χ2n) is 5.27. The van der Waals surface area contributed by atoms with E-state index in [1.807, 2.05) is 24.7 Å². The molecule has 1 aliphatic rings. The van der Waals surface area contributed by atoms with E-state index in [1.54, 1.807) is 6.20 Å². The van der Waals surface area contributed by atoms with Crippen LogP contribution in [0.5, 0.6) is 0 Å². The predicted molar refractivity (Wildman–Crippen MR) is 78.0 cm³/mol. The molecule has 20 heavy (non-hydrogen) atoms. The summed E-state index contributed by atoms with van der Waals surface area (Å²) in [5.74, 6) is 1.10. The topological polar surface area (TPSA) is 66.0 Å². The molecule has 2 N–H and O–H groups in total. The Morgan fingerprint density at radius 2 is 2.40 bits per heavy atom. The van der Waals surface area contributed by atoms with Gasteiger partial charge in [-0.1, -0.05) is 6.92 Å². The molecule has 2 aromatic rings. The Hall–Kier alpha value is -1.88. The first-order chi connectivity index (χ1) is 9.78. The normalized spacial score (nSPS) is 22.2. The number of ether oxygens (including phenoxy) is 1. The molecule has 2 atom stereocenters. The van der Waals surface area contributed by atoms with E-state index in [2.05, 4.69) is 21.5 Å². The maximum atomic E-state index is 5.76. The molecule has 5 nitrogen and oxygen atoms in total. The summed E-state index contributed by atoms with van der Waals surface area (Å²) < 4.78 is 7.96.